The van der Waals surface area contributed by atoms with E-state index in [9.17, 15) is 0 Å². The van der Waals surface area contributed by atoms with Gasteiger partial charge in [0.2, 0.25) is 0 Å². The van der Waals surface area contributed by atoms with Gasteiger partial charge in [0.1, 0.15) is 0 Å². The van der Waals surface area contributed by atoms with Crippen LogP contribution >= 0.6 is 11.8 Å². The molecule has 0 aromatic heterocycles. The van der Waals surface area contributed by atoms with Crippen molar-refractivity contribution in [2.45, 2.75) is 25.2 Å². The molecular weight excluding hydrogens is 132 g/mol. The summed E-state index contributed by atoms with van der Waals surface area (Å²) in [6.45, 7) is 3.74. The zero-order chi connectivity index (χ0) is 7.28. The van der Waals surface area contributed by atoms with Crippen LogP contribution in [0.25, 0.3) is 0 Å². The van der Waals surface area contributed by atoms with Crippen molar-refractivity contribution in [3.05, 3.63) is 0 Å². The third-order valence-electron chi connectivity index (χ3n) is 1.11. The van der Waals surface area contributed by atoms with Crippen LogP contribution in [0.15, 0.2) is 0 Å². The third-order valence-corrected chi connectivity index (χ3v) is 2.36. The SMILES string of the molecule is C#CCSC(C)C(C)O. The molecule has 2 atom stereocenters. The molecule has 1 nitrogen and oxygen atoms in total. The van der Waals surface area contributed by atoms with Crippen LogP contribution in [0.2, 0.25) is 0 Å². The molecule has 0 saturated heterocycles. The molecule has 0 spiro atoms. The molecule has 0 bridgehead atoms. The zero-order valence-electron chi connectivity index (χ0n) is 5.79. The molecule has 0 aliphatic carbocycles. The molecule has 9 heavy (non-hydrogen) atoms. The van der Waals surface area contributed by atoms with Crippen LogP contribution < -0.4 is 0 Å². The van der Waals surface area contributed by atoms with Crippen LogP contribution in [0.1, 0.15) is 13.8 Å². The van der Waals surface area contributed by atoms with E-state index in [1.165, 1.54) is 0 Å². The first kappa shape index (κ1) is 8.87. The fourth-order valence-electron chi connectivity index (χ4n) is 0.319. The van der Waals surface area contributed by atoms with Crippen molar-refractivity contribution in [2.75, 3.05) is 5.75 Å². The Kier molecular flexibility index (Phi) is 4.65. The fraction of sp³-hybridized carbons (Fsp3) is 0.714. The van der Waals surface area contributed by atoms with E-state index in [1.54, 1.807) is 18.7 Å². The summed E-state index contributed by atoms with van der Waals surface area (Å²) in [4.78, 5) is 0. The molecule has 1 N–H and O–H groups in total. The lowest BCUT2D eigenvalue weighted by Crippen LogP contribution is -2.15. The summed E-state index contributed by atoms with van der Waals surface area (Å²) in [5.74, 6) is 3.19. The van der Waals surface area contributed by atoms with Gasteiger partial charge in [-0.2, -0.15) is 0 Å². The molecule has 0 aliphatic heterocycles. The molecule has 0 rings (SSSR count). The third kappa shape index (κ3) is 4.38. The zero-order valence-corrected chi connectivity index (χ0v) is 6.61. The molecule has 0 amide bonds. The molecule has 0 radical (unpaired) electrons. The summed E-state index contributed by atoms with van der Waals surface area (Å²) in [5.41, 5.74) is 0. The van der Waals surface area contributed by atoms with Gasteiger partial charge in [-0.3, -0.25) is 0 Å². The Labute approximate surface area is 60.8 Å². The largest absolute Gasteiger partial charge is 0.392 e. The van der Waals surface area contributed by atoms with Crippen molar-refractivity contribution >= 4 is 11.8 Å². The highest BCUT2D eigenvalue weighted by atomic mass is 32.2. The summed E-state index contributed by atoms with van der Waals surface area (Å²) in [6.07, 6.45) is 4.76. The Balaban J connectivity index is 3.29. The van der Waals surface area contributed by atoms with Gasteiger partial charge in [-0.05, 0) is 6.92 Å². The van der Waals surface area contributed by atoms with Gasteiger partial charge in [0, 0.05) is 5.25 Å². The van der Waals surface area contributed by atoms with Gasteiger partial charge < -0.3 is 5.11 Å². The number of aliphatic hydroxyl groups is 1. The van der Waals surface area contributed by atoms with Crippen LogP contribution in [0.5, 0.6) is 0 Å². The summed E-state index contributed by atoms with van der Waals surface area (Å²) in [6, 6.07) is 0. The van der Waals surface area contributed by atoms with Crippen molar-refractivity contribution in [3.8, 4) is 12.3 Å². The lowest BCUT2D eigenvalue weighted by molar-refractivity contribution is 0.196. The van der Waals surface area contributed by atoms with E-state index in [4.69, 9.17) is 11.5 Å². The van der Waals surface area contributed by atoms with Crippen LogP contribution in [-0.2, 0) is 0 Å². The highest BCUT2D eigenvalue weighted by Crippen LogP contribution is 2.12. The highest BCUT2D eigenvalue weighted by Gasteiger charge is 2.06. The molecule has 0 aliphatic rings. The molecule has 2 unspecified atom stereocenters. The minimum atomic E-state index is -0.261. The molecular formula is C7H12OS. The lowest BCUT2D eigenvalue weighted by Gasteiger charge is -2.11. The number of thioether (sulfide) groups is 1. The first-order valence-corrected chi connectivity index (χ1v) is 3.96. The smallest absolute Gasteiger partial charge is 0.0628 e. The second-order valence-corrected chi connectivity index (χ2v) is 3.33. The number of aliphatic hydroxyl groups excluding tert-OH is 1. The predicted molar refractivity (Wildman–Crippen MR) is 42.4 cm³/mol. The molecule has 0 saturated carbocycles. The Morgan fingerprint density at radius 2 is 2.22 bits per heavy atom. The molecule has 0 aromatic carbocycles. The Bertz CT molecular complexity index is 104. The van der Waals surface area contributed by atoms with Crippen LogP contribution in [0.4, 0.5) is 0 Å². The lowest BCUT2D eigenvalue weighted by atomic mass is 10.3. The van der Waals surface area contributed by atoms with Crippen molar-refractivity contribution < 1.29 is 5.11 Å². The Hall–Kier alpha value is -0.130. The Morgan fingerprint density at radius 1 is 1.67 bits per heavy atom. The first-order chi connectivity index (χ1) is 4.18. The molecule has 0 heterocycles. The van der Waals surface area contributed by atoms with Crippen molar-refractivity contribution in [3.63, 3.8) is 0 Å². The maximum Gasteiger partial charge on any atom is 0.0628 e. The van der Waals surface area contributed by atoms with Gasteiger partial charge in [-0.25, -0.2) is 0 Å². The van der Waals surface area contributed by atoms with E-state index in [1.807, 2.05) is 6.92 Å². The second kappa shape index (κ2) is 4.72. The van der Waals surface area contributed by atoms with E-state index < -0.39 is 0 Å². The summed E-state index contributed by atoms with van der Waals surface area (Å²) >= 11 is 1.60. The number of rotatable bonds is 3. The van der Waals surface area contributed by atoms with Gasteiger partial charge in [-0.15, -0.1) is 18.2 Å². The maximum absolute atomic E-state index is 8.96. The van der Waals surface area contributed by atoms with Gasteiger partial charge in [0.05, 0.1) is 11.9 Å². The topological polar surface area (TPSA) is 20.2 Å². The standard InChI is InChI=1S/C7H12OS/c1-4-5-9-7(3)6(2)8/h1,6-8H,5H2,2-3H3. The van der Waals surface area contributed by atoms with E-state index >= 15 is 0 Å². The molecule has 2 heteroatoms. The van der Waals surface area contributed by atoms with E-state index in [2.05, 4.69) is 5.92 Å². The van der Waals surface area contributed by atoms with Gasteiger partial charge in [0.15, 0.2) is 0 Å². The van der Waals surface area contributed by atoms with Crippen molar-refractivity contribution in [1.29, 1.82) is 0 Å². The highest BCUT2D eigenvalue weighted by molar-refractivity contribution is 8.00. The van der Waals surface area contributed by atoms with E-state index in [-0.39, 0.29) is 11.4 Å². The summed E-state index contributed by atoms with van der Waals surface area (Å²) < 4.78 is 0. The average molecular weight is 144 g/mol. The summed E-state index contributed by atoms with van der Waals surface area (Å²) in [5, 5.41) is 9.21. The fourth-order valence-corrected chi connectivity index (χ4v) is 0.956. The van der Waals surface area contributed by atoms with Crippen LogP contribution in [0.3, 0.4) is 0 Å². The molecule has 0 fully saturated rings. The second-order valence-electron chi connectivity index (χ2n) is 1.96. The normalized spacial score (nSPS) is 16.2. The van der Waals surface area contributed by atoms with E-state index in [0.717, 1.165) is 0 Å². The van der Waals surface area contributed by atoms with Gasteiger partial charge >= 0.3 is 0 Å². The van der Waals surface area contributed by atoms with Crippen molar-refractivity contribution in [1.82, 2.24) is 0 Å². The summed E-state index contributed by atoms with van der Waals surface area (Å²) in [7, 11) is 0. The van der Waals surface area contributed by atoms with E-state index in [0.29, 0.717) is 5.75 Å². The number of terminal acetylenes is 1. The number of hydrogen-bond acceptors (Lipinski definition) is 2. The van der Waals surface area contributed by atoms with Crippen molar-refractivity contribution in [2.24, 2.45) is 0 Å². The quantitative estimate of drug-likeness (QED) is 0.599. The molecule has 0 aromatic rings. The Morgan fingerprint density at radius 3 is 2.56 bits per heavy atom. The minimum absolute atomic E-state index is 0.251. The monoisotopic (exact) mass is 144 g/mol. The van der Waals surface area contributed by atoms with Gasteiger partial charge in [0.25, 0.3) is 0 Å². The average Bonchev–Trinajstić information content (AvgIpc) is 1.82. The number of hydrogen-bond donors (Lipinski definition) is 1. The minimum Gasteiger partial charge on any atom is -0.392 e. The van der Waals surface area contributed by atoms with Crippen LogP contribution in [0, 0.1) is 12.3 Å². The predicted octanol–water partition coefficient (Wildman–Crippen LogP) is 1.12. The maximum atomic E-state index is 8.96. The van der Waals surface area contributed by atoms with Gasteiger partial charge in [-0.1, -0.05) is 12.8 Å². The first-order valence-electron chi connectivity index (χ1n) is 2.91. The molecule has 52 valence electrons. The van der Waals surface area contributed by atoms with Crippen LogP contribution in [-0.4, -0.2) is 22.2 Å².